The maximum atomic E-state index is 13.2. The van der Waals surface area contributed by atoms with Crippen LogP contribution in [0.15, 0.2) is 67.0 Å². The highest BCUT2D eigenvalue weighted by Crippen LogP contribution is 2.33. The molecular formula is C23H19F3N4OS. The van der Waals surface area contributed by atoms with Crippen LogP contribution in [0, 0.1) is 6.92 Å². The first-order valence-electron chi connectivity index (χ1n) is 9.72. The Kier molecular flexibility index (Phi) is 5.84. The number of rotatable bonds is 5. The van der Waals surface area contributed by atoms with Crippen molar-refractivity contribution in [2.45, 2.75) is 19.1 Å². The lowest BCUT2D eigenvalue weighted by Gasteiger charge is -2.19. The fourth-order valence-corrected chi connectivity index (χ4v) is 4.30. The smallest absolute Gasteiger partial charge is 0.337 e. The molecule has 5 nitrogen and oxygen atoms in total. The number of aryl methyl sites for hydroxylation is 2. The molecule has 0 saturated heterocycles. The van der Waals surface area contributed by atoms with Crippen molar-refractivity contribution in [3.8, 4) is 10.6 Å². The lowest BCUT2D eigenvalue weighted by molar-refractivity contribution is -0.137. The van der Waals surface area contributed by atoms with Crippen LogP contribution in [-0.2, 0) is 13.2 Å². The van der Waals surface area contributed by atoms with E-state index in [1.54, 1.807) is 19.3 Å². The van der Waals surface area contributed by atoms with Crippen molar-refractivity contribution in [3.05, 3.63) is 94.5 Å². The molecule has 32 heavy (non-hydrogen) atoms. The molecule has 1 N–H and O–H groups in total. The zero-order valence-corrected chi connectivity index (χ0v) is 18.0. The molecular weight excluding hydrogens is 437 g/mol. The summed E-state index contributed by atoms with van der Waals surface area (Å²) in [7, 11) is 1.85. The number of hydrogen-bond acceptors (Lipinski definition) is 4. The molecule has 2 aromatic carbocycles. The van der Waals surface area contributed by atoms with E-state index in [1.807, 2.05) is 41.9 Å². The third-order valence-electron chi connectivity index (χ3n) is 4.99. The van der Waals surface area contributed by atoms with Crippen LogP contribution in [0.3, 0.4) is 0 Å². The van der Waals surface area contributed by atoms with Gasteiger partial charge in [0.1, 0.15) is 21.8 Å². The number of carbonyl (C=O) groups excluding carboxylic acids is 1. The van der Waals surface area contributed by atoms with Crippen LogP contribution in [0.2, 0.25) is 0 Å². The van der Waals surface area contributed by atoms with Gasteiger partial charge in [0.2, 0.25) is 0 Å². The molecule has 0 saturated carbocycles. The predicted molar refractivity (Wildman–Crippen MR) is 116 cm³/mol. The van der Waals surface area contributed by atoms with Gasteiger partial charge in [0.15, 0.2) is 0 Å². The molecule has 0 aliphatic rings. The van der Waals surface area contributed by atoms with Gasteiger partial charge in [-0.25, -0.2) is 9.97 Å². The van der Waals surface area contributed by atoms with Crippen LogP contribution in [0.5, 0.6) is 0 Å². The predicted octanol–water partition coefficient (Wildman–Crippen LogP) is 5.39. The molecule has 0 aliphatic carbocycles. The lowest BCUT2D eigenvalue weighted by atomic mass is 10.1. The number of halogens is 3. The second-order valence-corrected chi connectivity index (χ2v) is 8.22. The van der Waals surface area contributed by atoms with Crippen molar-refractivity contribution >= 4 is 17.2 Å². The maximum absolute atomic E-state index is 13.2. The van der Waals surface area contributed by atoms with Gasteiger partial charge in [-0.1, -0.05) is 42.5 Å². The minimum atomic E-state index is -4.40. The van der Waals surface area contributed by atoms with Crippen LogP contribution in [0.25, 0.3) is 10.6 Å². The number of thiazole rings is 1. The summed E-state index contributed by atoms with van der Waals surface area (Å²) in [5.41, 5.74) is 1.18. The monoisotopic (exact) mass is 456 g/mol. The van der Waals surface area contributed by atoms with Crippen molar-refractivity contribution < 1.29 is 18.0 Å². The molecule has 164 valence electrons. The van der Waals surface area contributed by atoms with E-state index in [-0.39, 0.29) is 5.91 Å². The van der Waals surface area contributed by atoms with E-state index >= 15 is 0 Å². The number of nitrogens with zero attached hydrogens (tertiary/aromatic N) is 3. The minimum absolute atomic E-state index is 0.324. The highest BCUT2D eigenvalue weighted by molar-refractivity contribution is 7.17. The molecule has 0 aliphatic heterocycles. The third-order valence-corrected chi connectivity index (χ3v) is 6.19. The van der Waals surface area contributed by atoms with E-state index in [9.17, 15) is 18.0 Å². The number of nitrogens with one attached hydrogen (secondary N) is 1. The molecule has 4 aromatic rings. The molecule has 0 spiro atoms. The quantitative estimate of drug-likeness (QED) is 0.438. The molecule has 0 radical (unpaired) electrons. The zero-order chi connectivity index (χ0) is 22.9. The van der Waals surface area contributed by atoms with E-state index in [1.165, 1.54) is 12.1 Å². The Morgan fingerprint density at radius 2 is 1.78 bits per heavy atom. The summed E-state index contributed by atoms with van der Waals surface area (Å²) in [5, 5.41) is 3.51. The maximum Gasteiger partial charge on any atom is 0.416 e. The molecule has 0 bridgehead atoms. The third kappa shape index (κ3) is 4.43. The van der Waals surface area contributed by atoms with Crippen LogP contribution in [0.1, 0.15) is 38.4 Å². The SMILES string of the molecule is Cc1nc(-c2ccc(C(F)(F)F)cc2)sc1C(=O)NC(c1ccccc1)c1nccn1C. The largest absolute Gasteiger partial charge is 0.416 e. The fourth-order valence-electron chi connectivity index (χ4n) is 3.33. The highest BCUT2D eigenvalue weighted by atomic mass is 32.1. The Morgan fingerprint density at radius 1 is 1.09 bits per heavy atom. The molecule has 1 unspecified atom stereocenters. The van der Waals surface area contributed by atoms with Crippen molar-refractivity contribution in [2.75, 3.05) is 0 Å². The number of carbonyl (C=O) groups is 1. The zero-order valence-electron chi connectivity index (χ0n) is 17.2. The van der Waals surface area contributed by atoms with Gasteiger partial charge in [0.05, 0.1) is 11.3 Å². The van der Waals surface area contributed by atoms with Crippen LogP contribution >= 0.6 is 11.3 Å². The minimum Gasteiger partial charge on any atom is -0.337 e. The first-order valence-corrected chi connectivity index (χ1v) is 10.5. The number of alkyl halides is 3. The normalized spacial score (nSPS) is 12.5. The fraction of sp³-hybridized carbons (Fsp3) is 0.174. The van der Waals surface area contributed by atoms with E-state index in [0.29, 0.717) is 27.0 Å². The standard InChI is InChI=1S/C23H19F3N4OS/c1-14-19(32-22(28-14)16-8-10-17(11-9-16)23(24,25)26)21(31)29-18(15-6-4-3-5-7-15)20-27-12-13-30(20)2/h3-13,18H,1-2H3,(H,29,31). The van der Waals surface area contributed by atoms with Gasteiger partial charge in [-0.15, -0.1) is 11.3 Å². The summed E-state index contributed by atoms with van der Waals surface area (Å²) in [6.07, 6.45) is -0.935. The van der Waals surface area contributed by atoms with Crippen molar-refractivity contribution in [2.24, 2.45) is 7.05 Å². The molecule has 9 heteroatoms. The Morgan fingerprint density at radius 3 is 2.38 bits per heavy atom. The second-order valence-electron chi connectivity index (χ2n) is 7.22. The number of hydrogen-bond donors (Lipinski definition) is 1. The van der Waals surface area contributed by atoms with E-state index in [4.69, 9.17) is 0 Å². The number of benzene rings is 2. The van der Waals surface area contributed by atoms with Gasteiger partial charge >= 0.3 is 6.18 Å². The molecule has 1 atom stereocenters. The Labute approximate surface area is 186 Å². The van der Waals surface area contributed by atoms with Crippen LogP contribution in [-0.4, -0.2) is 20.4 Å². The van der Waals surface area contributed by atoms with Crippen molar-refractivity contribution in [1.82, 2.24) is 19.9 Å². The van der Waals surface area contributed by atoms with Gasteiger partial charge in [-0.05, 0) is 24.6 Å². The highest BCUT2D eigenvalue weighted by Gasteiger charge is 2.30. The average molecular weight is 456 g/mol. The van der Waals surface area contributed by atoms with E-state index < -0.39 is 17.8 Å². The molecule has 2 heterocycles. The van der Waals surface area contributed by atoms with Crippen molar-refractivity contribution in [1.29, 1.82) is 0 Å². The molecule has 2 aromatic heterocycles. The topological polar surface area (TPSA) is 59.8 Å². The van der Waals surface area contributed by atoms with E-state index in [2.05, 4.69) is 15.3 Å². The van der Waals surface area contributed by atoms with Gasteiger partial charge in [0.25, 0.3) is 5.91 Å². The first kappa shape index (κ1) is 21.8. The van der Waals surface area contributed by atoms with Crippen LogP contribution in [0.4, 0.5) is 13.2 Å². The van der Waals surface area contributed by atoms with Gasteiger partial charge in [-0.2, -0.15) is 13.2 Å². The lowest BCUT2D eigenvalue weighted by Crippen LogP contribution is -2.31. The van der Waals surface area contributed by atoms with E-state index in [0.717, 1.165) is 29.0 Å². The van der Waals surface area contributed by atoms with Gasteiger partial charge in [-0.3, -0.25) is 4.79 Å². The number of aromatic nitrogens is 3. The summed E-state index contributed by atoms with van der Waals surface area (Å²) >= 11 is 1.14. The Bertz CT molecular complexity index is 1230. The van der Waals surface area contributed by atoms with Crippen molar-refractivity contribution in [3.63, 3.8) is 0 Å². The summed E-state index contributed by atoms with van der Waals surface area (Å²) in [4.78, 5) is 22.4. The summed E-state index contributed by atoms with van der Waals surface area (Å²) in [5.74, 6) is 0.352. The van der Waals surface area contributed by atoms with Crippen LogP contribution < -0.4 is 5.32 Å². The average Bonchev–Trinajstić information content (AvgIpc) is 3.37. The Balaban J connectivity index is 1.62. The Hall–Kier alpha value is -3.46. The van der Waals surface area contributed by atoms with Gasteiger partial charge in [0, 0.05) is 25.0 Å². The number of imidazole rings is 1. The second kappa shape index (κ2) is 8.58. The first-order chi connectivity index (χ1) is 15.2. The van der Waals surface area contributed by atoms with Gasteiger partial charge < -0.3 is 9.88 Å². The molecule has 0 fully saturated rings. The molecule has 1 amide bonds. The number of amides is 1. The molecule has 4 rings (SSSR count). The summed E-state index contributed by atoms with van der Waals surface area (Å²) < 4.78 is 40.3. The summed E-state index contributed by atoms with van der Waals surface area (Å²) in [6.45, 7) is 1.71. The summed E-state index contributed by atoms with van der Waals surface area (Å²) in [6, 6.07) is 13.8.